The molecule has 0 saturated heterocycles. The van der Waals surface area contributed by atoms with Crippen LogP contribution in [0.2, 0.25) is 0 Å². The summed E-state index contributed by atoms with van der Waals surface area (Å²) >= 11 is 0. The topological polar surface area (TPSA) is 67.6 Å². The quantitative estimate of drug-likeness (QED) is 0.805. The summed E-state index contributed by atoms with van der Waals surface area (Å²) in [6.45, 7) is 2.24. The summed E-state index contributed by atoms with van der Waals surface area (Å²) in [7, 11) is 0. The number of nitrogens with two attached hydrogens (primary N) is 1. The van der Waals surface area contributed by atoms with Gasteiger partial charge in [-0.3, -0.25) is 10.1 Å². The van der Waals surface area contributed by atoms with Crippen molar-refractivity contribution in [1.82, 2.24) is 15.2 Å². The lowest BCUT2D eigenvalue weighted by Crippen LogP contribution is -1.90. The van der Waals surface area contributed by atoms with Gasteiger partial charge in [0.25, 0.3) is 0 Å². The second-order valence-electron chi connectivity index (χ2n) is 4.46. The van der Waals surface area contributed by atoms with Crippen molar-refractivity contribution in [3.8, 4) is 11.1 Å². The first-order valence-corrected chi connectivity index (χ1v) is 5.51. The fourth-order valence-corrected chi connectivity index (χ4v) is 2.18. The molecule has 0 aliphatic heterocycles. The van der Waals surface area contributed by atoms with E-state index in [4.69, 9.17) is 5.73 Å². The van der Waals surface area contributed by atoms with Crippen molar-refractivity contribution >= 4 is 5.82 Å². The van der Waals surface area contributed by atoms with Crippen LogP contribution >= 0.6 is 0 Å². The van der Waals surface area contributed by atoms with Crippen molar-refractivity contribution in [3.05, 3.63) is 30.2 Å². The van der Waals surface area contributed by atoms with E-state index in [0.29, 0.717) is 11.7 Å². The molecule has 2 atom stereocenters. The zero-order valence-corrected chi connectivity index (χ0v) is 9.14. The van der Waals surface area contributed by atoms with Crippen molar-refractivity contribution in [2.75, 3.05) is 5.73 Å². The lowest BCUT2D eigenvalue weighted by atomic mass is 10.0. The Bertz CT molecular complexity index is 503. The van der Waals surface area contributed by atoms with Gasteiger partial charge in [0.1, 0.15) is 0 Å². The third kappa shape index (κ3) is 1.38. The number of pyridine rings is 1. The summed E-state index contributed by atoms with van der Waals surface area (Å²) < 4.78 is 0. The Kier molecular flexibility index (Phi) is 1.96. The van der Waals surface area contributed by atoms with Crippen LogP contribution in [0.25, 0.3) is 11.1 Å². The first-order chi connectivity index (χ1) is 7.77. The number of hydrogen-bond acceptors (Lipinski definition) is 3. The predicted octanol–water partition coefficient (Wildman–Crippen LogP) is 2.18. The average molecular weight is 214 g/mol. The van der Waals surface area contributed by atoms with Gasteiger partial charge in [-0.15, -0.1) is 0 Å². The van der Waals surface area contributed by atoms with Crippen LogP contribution in [0.4, 0.5) is 5.82 Å². The molecule has 1 aliphatic rings. The first-order valence-electron chi connectivity index (χ1n) is 5.51. The number of hydrogen-bond donors (Lipinski definition) is 2. The molecule has 0 spiro atoms. The van der Waals surface area contributed by atoms with Crippen LogP contribution in [0.3, 0.4) is 0 Å². The van der Waals surface area contributed by atoms with Crippen LogP contribution in [-0.2, 0) is 0 Å². The molecular weight excluding hydrogens is 200 g/mol. The van der Waals surface area contributed by atoms with E-state index in [0.717, 1.165) is 22.7 Å². The molecule has 0 bridgehead atoms. The van der Waals surface area contributed by atoms with Gasteiger partial charge in [-0.25, -0.2) is 0 Å². The summed E-state index contributed by atoms with van der Waals surface area (Å²) in [6, 6.07) is 3.94. The highest BCUT2D eigenvalue weighted by molar-refractivity contribution is 5.76. The van der Waals surface area contributed by atoms with Crippen molar-refractivity contribution in [2.24, 2.45) is 5.92 Å². The zero-order chi connectivity index (χ0) is 11.1. The predicted molar refractivity (Wildman–Crippen MR) is 62.8 cm³/mol. The van der Waals surface area contributed by atoms with Crippen molar-refractivity contribution in [2.45, 2.75) is 19.3 Å². The fraction of sp³-hybridized carbons (Fsp3) is 0.333. The Morgan fingerprint density at radius 3 is 2.94 bits per heavy atom. The molecule has 1 saturated carbocycles. The molecule has 4 heteroatoms. The van der Waals surface area contributed by atoms with E-state index in [-0.39, 0.29) is 0 Å². The molecule has 0 radical (unpaired) electrons. The monoisotopic (exact) mass is 214 g/mol. The Labute approximate surface area is 93.9 Å². The van der Waals surface area contributed by atoms with Crippen LogP contribution in [-0.4, -0.2) is 15.2 Å². The Morgan fingerprint density at radius 2 is 2.31 bits per heavy atom. The maximum Gasteiger partial charge on any atom is 0.153 e. The lowest BCUT2D eigenvalue weighted by molar-refractivity contribution is 0.873. The molecule has 0 amide bonds. The maximum absolute atomic E-state index is 5.91. The van der Waals surface area contributed by atoms with Crippen LogP contribution in [0, 0.1) is 5.92 Å². The van der Waals surface area contributed by atoms with Crippen molar-refractivity contribution < 1.29 is 0 Å². The van der Waals surface area contributed by atoms with Gasteiger partial charge in [-0.1, -0.05) is 13.0 Å². The van der Waals surface area contributed by atoms with Crippen molar-refractivity contribution in [1.29, 1.82) is 0 Å². The Morgan fingerprint density at radius 1 is 1.50 bits per heavy atom. The molecule has 4 nitrogen and oxygen atoms in total. The molecule has 3 rings (SSSR count). The van der Waals surface area contributed by atoms with E-state index < -0.39 is 0 Å². The van der Waals surface area contributed by atoms with Gasteiger partial charge in [0, 0.05) is 35.1 Å². The maximum atomic E-state index is 5.91. The van der Waals surface area contributed by atoms with Crippen LogP contribution in [0.15, 0.2) is 24.5 Å². The first kappa shape index (κ1) is 9.39. The highest BCUT2D eigenvalue weighted by Crippen LogP contribution is 2.49. The van der Waals surface area contributed by atoms with E-state index in [9.17, 15) is 0 Å². The summed E-state index contributed by atoms with van der Waals surface area (Å²) in [5.74, 6) is 1.89. The largest absolute Gasteiger partial charge is 0.382 e. The molecule has 0 aromatic carbocycles. The van der Waals surface area contributed by atoms with Crippen LogP contribution in [0.1, 0.15) is 25.0 Å². The average Bonchev–Trinajstić information content (AvgIpc) is 2.89. The molecule has 16 heavy (non-hydrogen) atoms. The van der Waals surface area contributed by atoms with Gasteiger partial charge in [-0.05, 0) is 18.4 Å². The van der Waals surface area contributed by atoms with E-state index in [1.54, 1.807) is 6.20 Å². The molecule has 2 aromatic rings. The second kappa shape index (κ2) is 3.33. The molecule has 1 fully saturated rings. The smallest absolute Gasteiger partial charge is 0.153 e. The van der Waals surface area contributed by atoms with Gasteiger partial charge in [0.2, 0.25) is 0 Å². The number of aromatic amines is 1. The molecule has 3 N–H and O–H groups in total. The molecule has 2 unspecified atom stereocenters. The normalized spacial score (nSPS) is 23.3. The molecule has 82 valence electrons. The summed E-state index contributed by atoms with van der Waals surface area (Å²) in [6.07, 6.45) is 4.81. The number of aromatic nitrogens is 3. The van der Waals surface area contributed by atoms with E-state index in [2.05, 4.69) is 22.1 Å². The number of nitrogens with zero attached hydrogens (tertiary/aromatic N) is 2. The highest BCUT2D eigenvalue weighted by Gasteiger charge is 2.37. The van der Waals surface area contributed by atoms with Gasteiger partial charge >= 0.3 is 0 Å². The molecular formula is C12H14N4. The Hall–Kier alpha value is -1.84. The second-order valence-corrected chi connectivity index (χ2v) is 4.46. The van der Waals surface area contributed by atoms with Crippen LogP contribution < -0.4 is 5.73 Å². The minimum Gasteiger partial charge on any atom is -0.382 e. The SMILES string of the molecule is CC1CC1c1[nH]nc(N)c1-c1cccnc1. The highest BCUT2D eigenvalue weighted by atomic mass is 15.2. The zero-order valence-electron chi connectivity index (χ0n) is 9.14. The van der Waals surface area contributed by atoms with Crippen LogP contribution in [0.5, 0.6) is 0 Å². The van der Waals surface area contributed by atoms with Gasteiger partial charge in [0.05, 0.1) is 0 Å². The third-order valence-corrected chi connectivity index (χ3v) is 3.25. The third-order valence-electron chi connectivity index (χ3n) is 3.25. The summed E-state index contributed by atoms with van der Waals surface area (Å²) in [5.41, 5.74) is 9.15. The van der Waals surface area contributed by atoms with Gasteiger partial charge in [-0.2, -0.15) is 5.10 Å². The lowest BCUT2D eigenvalue weighted by Gasteiger charge is -2.02. The van der Waals surface area contributed by atoms with E-state index in [1.807, 2.05) is 18.3 Å². The Balaban J connectivity index is 2.09. The number of rotatable bonds is 2. The number of nitrogen functional groups attached to an aromatic ring is 1. The molecule has 1 aliphatic carbocycles. The van der Waals surface area contributed by atoms with Gasteiger partial charge in [0.15, 0.2) is 5.82 Å². The molecule has 2 aromatic heterocycles. The fourth-order valence-electron chi connectivity index (χ4n) is 2.18. The number of anilines is 1. The van der Waals surface area contributed by atoms with E-state index in [1.165, 1.54) is 6.42 Å². The van der Waals surface area contributed by atoms with E-state index >= 15 is 0 Å². The van der Waals surface area contributed by atoms with Gasteiger partial charge < -0.3 is 5.73 Å². The summed E-state index contributed by atoms with van der Waals surface area (Å²) in [5, 5.41) is 7.18. The minimum atomic E-state index is 0.571. The summed E-state index contributed by atoms with van der Waals surface area (Å²) in [4.78, 5) is 4.12. The van der Waals surface area contributed by atoms with Crippen molar-refractivity contribution in [3.63, 3.8) is 0 Å². The number of nitrogens with one attached hydrogen (secondary N) is 1. The standard InChI is InChI=1S/C12H14N4/c1-7-5-9(7)11-10(12(13)16-15-11)8-3-2-4-14-6-8/h2-4,6-7,9H,5H2,1H3,(H3,13,15,16). The number of H-pyrrole nitrogens is 1. The molecule has 2 heterocycles. The minimum absolute atomic E-state index is 0.571.